The zero-order chi connectivity index (χ0) is 28.0. The minimum atomic E-state index is -0.694. The van der Waals surface area contributed by atoms with Gasteiger partial charge in [-0.15, -0.1) is 28.1 Å². The van der Waals surface area contributed by atoms with Gasteiger partial charge in [0.05, 0.1) is 22.3 Å². The summed E-state index contributed by atoms with van der Waals surface area (Å²) >= 11 is 8.13. The standard InChI is InChI=1S/C25H28ClN5O5S2/c1-6-10-31-22(15(5)36-17-9-7-8-16(26)11-17)29-30-25(31)37-12-18(32)28-23-19(24(34)35-13(2)3)14(4)20(38-23)21(27)33/h6-9,11,13,15H,1,10,12H2,2-5H3,(H2,27,33)(H,28,32). The topological polar surface area (TPSA) is 138 Å². The van der Waals surface area contributed by atoms with Crippen molar-refractivity contribution in [2.24, 2.45) is 5.73 Å². The van der Waals surface area contributed by atoms with Gasteiger partial charge >= 0.3 is 5.97 Å². The van der Waals surface area contributed by atoms with Crippen LogP contribution in [-0.2, 0) is 16.1 Å². The fraction of sp³-hybridized carbons (Fsp3) is 0.320. The third-order valence-electron chi connectivity index (χ3n) is 5.03. The molecule has 3 aromatic rings. The van der Waals surface area contributed by atoms with Crippen molar-refractivity contribution in [1.29, 1.82) is 0 Å². The average molecular weight is 578 g/mol. The quantitative estimate of drug-likeness (QED) is 0.174. The van der Waals surface area contributed by atoms with Gasteiger partial charge in [-0.05, 0) is 51.5 Å². The first kappa shape index (κ1) is 29.2. The van der Waals surface area contributed by atoms with E-state index < -0.39 is 23.9 Å². The van der Waals surface area contributed by atoms with Gasteiger partial charge < -0.3 is 20.5 Å². The minimum absolute atomic E-state index is 0.0413. The molecule has 38 heavy (non-hydrogen) atoms. The van der Waals surface area contributed by atoms with Crippen LogP contribution in [0.2, 0.25) is 5.02 Å². The number of allylic oxidation sites excluding steroid dienone is 1. The SMILES string of the molecule is C=CCn1c(SCC(=O)Nc2sc(C(N)=O)c(C)c2C(=O)OC(C)C)nnc1C(C)Oc1cccc(Cl)c1. The first-order valence-corrected chi connectivity index (χ1v) is 13.7. The largest absolute Gasteiger partial charge is 0.483 e. The number of carbonyl (C=O) groups excluding carboxylic acids is 3. The molecule has 1 atom stereocenters. The Kier molecular flexibility index (Phi) is 9.95. The summed E-state index contributed by atoms with van der Waals surface area (Å²) in [6, 6.07) is 7.03. The lowest BCUT2D eigenvalue weighted by Gasteiger charge is -2.16. The molecule has 2 heterocycles. The van der Waals surface area contributed by atoms with Crippen LogP contribution in [0.15, 0.2) is 42.1 Å². The number of esters is 1. The van der Waals surface area contributed by atoms with Crippen molar-refractivity contribution in [3.8, 4) is 5.75 Å². The third kappa shape index (κ3) is 7.15. The predicted molar refractivity (Wildman–Crippen MR) is 148 cm³/mol. The molecule has 3 rings (SSSR count). The first-order valence-electron chi connectivity index (χ1n) is 11.5. The Bertz CT molecular complexity index is 1350. The number of hydrogen-bond donors (Lipinski definition) is 2. The van der Waals surface area contributed by atoms with Gasteiger partial charge in [0, 0.05) is 11.6 Å². The number of primary amides is 1. The molecule has 202 valence electrons. The Morgan fingerprint density at radius 1 is 1.29 bits per heavy atom. The molecule has 0 saturated carbocycles. The number of nitrogens with one attached hydrogen (secondary N) is 1. The van der Waals surface area contributed by atoms with Crippen molar-refractivity contribution in [2.45, 2.75) is 51.6 Å². The molecular weight excluding hydrogens is 550 g/mol. The number of rotatable bonds is 12. The van der Waals surface area contributed by atoms with Crippen molar-refractivity contribution in [2.75, 3.05) is 11.1 Å². The molecule has 0 fully saturated rings. The van der Waals surface area contributed by atoms with E-state index in [0.29, 0.717) is 33.9 Å². The number of hydrogen-bond acceptors (Lipinski definition) is 9. The molecule has 1 aromatic carbocycles. The maximum absolute atomic E-state index is 12.8. The van der Waals surface area contributed by atoms with E-state index in [0.717, 1.165) is 23.1 Å². The molecule has 2 aromatic heterocycles. The second-order valence-electron chi connectivity index (χ2n) is 8.37. The molecule has 0 aliphatic rings. The van der Waals surface area contributed by atoms with Gasteiger partial charge in [-0.2, -0.15) is 0 Å². The number of aromatic nitrogens is 3. The Balaban J connectivity index is 1.75. The van der Waals surface area contributed by atoms with Crippen LogP contribution >= 0.6 is 34.7 Å². The number of nitrogens with two attached hydrogens (primary N) is 1. The normalized spacial score (nSPS) is 11.7. The summed E-state index contributed by atoms with van der Waals surface area (Å²) in [4.78, 5) is 37.5. The molecule has 10 nitrogen and oxygen atoms in total. The lowest BCUT2D eigenvalue weighted by molar-refractivity contribution is -0.113. The molecule has 2 amide bonds. The number of nitrogens with zero attached hydrogens (tertiary/aromatic N) is 3. The van der Waals surface area contributed by atoms with Crippen LogP contribution in [0, 0.1) is 6.92 Å². The van der Waals surface area contributed by atoms with Crippen LogP contribution in [0.5, 0.6) is 5.75 Å². The van der Waals surface area contributed by atoms with Crippen LogP contribution < -0.4 is 15.8 Å². The van der Waals surface area contributed by atoms with E-state index in [4.69, 9.17) is 26.8 Å². The van der Waals surface area contributed by atoms with E-state index >= 15 is 0 Å². The van der Waals surface area contributed by atoms with Gasteiger partial charge in [0.15, 0.2) is 17.1 Å². The van der Waals surface area contributed by atoms with E-state index in [1.807, 2.05) is 6.92 Å². The summed E-state index contributed by atoms with van der Waals surface area (Å²) in [6.07, 6.45) is 0.851. The lowest BCUT2D eigenvalue weighted by Crippen LogP contribution is -2.18. The van der Waals surface area contributed by atoms with Crippen molar-refractivity contribution in [3.05, 3.63) is 63.8 Å². The minimum Gasteiger partial charge on any atom is -0.483 e. The third-order valence-corrected chi connectivity index (χ3v) is 7.46. The van der Waals surface area contributed by atoms with Crippen molar-refractivity contribution in [3.63, 3.8) is 0 Å². The number of anilines is 1. The van der Waals surface area contributed by atoms with Crippen molar-refractivity contribution in [1.82, 2.24) is 14.8 Å². The number of halogens is 1. The highest BCUT2D eigenvalue weighted by Gasteiger charge is 2.27. The first-order chi connectivity index (χ1) is 18.0. The predicted octanol–water partition coefficient (Wildman–Crippen LogP) is 5.02. The fourth-order valence-corrected chi connectivity index (χ4v) is 5.45. The van der Waals surface area contributed by atoms with Gasteiger partial charge in [0.2, 0.25) is 5.91 Å². The Labute approximate surface area is 233 Å². The van der Waals surface area contributed by atoms with Crippen molar-refractivity contribution < 1.29 is 23.9 Å². The summed E-state index contributed by atoms with van der Waals surface area (Å²) in [7, 11) is 0. The summed E-state index contributed by atoms with van der Waals surface area (Å²) in [5.41, 5.74) is 5.92. The van der Waals surface area contributed by atoms with Gasteiger partial charge in [0.25, 0.3) is 5.91 Å². The zero-order valence-corrected chi connectivity index (χ0v) is 23.7. The van der Waals surface area contributed by atoms with Gasteiger partial charge in [0.1, 0.15) is 10.8 Å². The van der Waals surface area contributed by atoms with E-state index in [1.54, 1.807) is 55.7 Å². The summed E-state index contributed by atoms with van der Waals surface area (Å²) in [6.45, 7) is 11.0. The smallest absolute Gasteiger partial charge is 0.341 e. The number of carbonyl (C=O) groups is 3. The van der Waals surface area contributed by atoms with Crippen LogP contribution in [-0.4, -0.2) is 44.4 Å². The number of ether oxygens (including phenoxy) is 2. The second kappa shape index (κ2) is 12.9. The summed E-state index contributed by atoms with van der Waals surface area (Å²) in [5.74, 6) is -0.663. The lowest BCUT2D eigenvalue weighted by atomic mass is 10.1. The van der Waals surface area contributed by atoms with Gasteiger partial charge in [-0.25, -0.2) is 4.79 Å². The van der Waals surface area contributed by atoms with E-state index in [2.05, 4.69) is 22.1 Å². The molecule has 0 saturated heterocycles. The van der Waals surface area contributed by atoms with Crippen LogP contribution in [0.1, 0.15) is 58.3 Å². The summed E-state index contributed by atoms with van der Waals surface area (Å²) < 4.78 is 13.1. The highest BCUT2D eigenvalue weighted by Crippen LogP contribution is 2.34. The van der Waals surface area contributed by atoms with Gasteiger partial charge in [-0.3, -0.25) is 14.2 Å². The van der Waals surface area contributed by atoms with E-state index in [9.17, 15) is 14.4 Å². The Hall–Kier alpha value is -3.35. The Morgan fingerprint density at radius 2 is 2.03 bits per heavy atom. The molecular formula is C25H28ClN5O5S2. The molecule has 0 radical (unpaired) electrons. The average Bonchev–Trinajstić information content (AvgIpc) is 3.38. The maximum atomic E-state index is 12.8. The number of thiophene rings is 1. The molecule has 3 N–H and O–H groups in total. The van der Waals surface area contributed by atoms with E-state index in [-0.39, 0.29) is 27.3 Å². The molecule has 0 aliphatic heterocycles. The molecule has 0 bridgehead atoms. The summed E-state index contributed by atoms with van der Waals surface area (Å²) in [5, 5.41) is 12.4. The Morgan fingerprint density at radius 3 is 2.66 bits per heavy atom. The molecule has 13 heteroatoms. The fourth-order valence-electron chi connectivity index (χ4n) is 3.45. The van der Waals surface area contributed by atoms with E-state index in [1.165, 1.54) is 0 Å². The van der Waals surface area contributed by atoms with Gasteiger partial charge in [-0.1, -0.05) is 35.5 Å². The molecule has 0 spiro atoms. The molecule has 1 unspecified atom stereocenters. The maximum Gasteiger partial charge on any atom is 0.341 e. The van der Waals surface area contributed by atoms with Crippen LogP contribution in [0.25, 0.3) is 0 Å². The van der Waals surface area contributed by atoms with Crippen LogP contribution in [0.3, 0.4) is 0 Å². The van der Waals surface area contributed by atoms with Crippen molar-refractivity contribution >= 4 is 57.5 Å². The highest BCUT2D eigenvalue weighted by atomic mass is 35.5. The highest BCUT2D eigenvalue weighted by molar-refractivity contribution is 7.99. The second-order valence-corrected chi connectivity index (χ2v) is 10.8. The number of thioether (sulfide) groups is 1. The monoisotopic (exact) mass is 577 g/mol. The number of benzene rings is 1. The van der Waals surface area contributed by atoms with Crippen LogP contribution in [0.4, 0.5) is 5.00 Å². The number of amides is 2. The molecule has 0 aliphatic carbocycles. The zero-order valence-electron chi connectivity index (χ0n) is 21.3.